The molecule has 7 nitrogen and oxygen atoms in total. The monoisotopic (exact) mass is 361 g/mol. The fourth-order valence-corrected chi connectivity index (χ4v) is 2.02. The molecule has 0 bridgehead atoms. The number of anilines is 1. The van der Waals surface area contributed by atoms with E-state index in [9.17, 15) is 14.9 Å². The molecular formula is C17H16ClN3O4. The second-order valence-electron chi connectivity index (χ2n) is 5.02. The molecule has 0 aliphatic heterocycles. The van der Waals surface area contributed by atoms with Crippen molar-refractivity contribution in [2.75, 3.05) is 11.9 Å². The zero-order chi connectivity index (χ0) is 18.2. The molecule has 0 unspecified atom stereocenters. The van der Waals surface area contributed by atoms with Crippen molar-refractivity contribution >= 4 is 35.1 Å². The van der Waals surface area contributed by atoms with E-state index >= 15 is 0 Å². The summed E-state index contributed by atoms with van der Waals surface area (Å²) in [7, 11) is 0. The lowest BCUT2D eigenvalue weighted by molar-refractivity contribution is -0.385. The smallest absolute Gasteiger partial charge is 0.311 e. The van der Waals surface area contributed by atoms with Gasteiger partial charge in [-0.1, -0.05) is 24.6 Å². The van der Waals surface area contributed by atoms with Gasteiger partial charge in [-0.15, -0.1) is 0 Å². The first-order chi connectivity index (χ1) is 12.0. The lowest BCUT2D eigenvalue weighted by Gasteiger charge is -2.06. The number of nitrogens with zero attached hydrogens (tertiary/aromatic N) is 2. The van der Waals surface area contributed by atoms with E-state index in [2.05, 4.69) is 10.3 Å². The van der Waals surface area contributed by atoms with Gasteiger partial charge in [0.2, 0.25) is 5.91 Å². The first-order valence-electron chi connectivity index (χ1n) is 7.51. The van der Waals surface area contributed by atoms with Crippen LogP contribution in [-0.2, 0) is 4.79 Å². The number of rotatable bonds is 7. The number of aromatic nitrogens is 1. The molecule has 8 heteroatoms. The highest BCUT2D eigenvalue weighted by atomic mass is 35.5. The number of hydrogen-bond donors (Lipinski definition) is 1. The molecule has 1 aromatic heterocycles. The summed E-state index contributed by atoms with van der Waals surface area (Å²) in [5.41, 5.74) is 0.366. The number of nitro groups is 1. The van der Waals surface area contributed by atoms with Gasteiger partial charge < -0.3 is 10.1 Å². The summed E-state index contributed by atoms with van der Waals surface area (Å²) in [6.07, 6.45) is 4.90. The van der Waals surface area contributed by atoms with E-state index in [1.54, 1.807) is 18.2 Å². The Bertz CT molecular complexity index is 791. The number of nitrogens with one attached hydrogen (secondary N) is 1. The fraction of sp³-hybridized carbons (Fsp3) is 0.176. The maximum atomic E-state index is 11.9. The van der Waals surface area contributed by atoms with Gasteiger partial charge in [0.1, 0.15) is 5.82 Å². The van der Waals surface area contributed by atoms with Crippen molar-refractivity contribution in [2.45, 2.75) is 13.3 Å². The van der Waals surface area contributed by atoms with Crippen LogP contribution < -0.4 is 10.1 Å². The van der Waals surface area contributed by atoms with Crippen LogP contribution in [0.4, 0.5) is 11.5 Å². The number of benzene rings is 1. The van der Waals surface area contributed by atoms with Gasteiger partial charge in [0, 0.05) is 18.3 Å². The second kappa shape index (κ2) is 8.79. The number of carbonyl (C=O) groups excluding carboxylic acids is 1. The van der Waals surface area contributed by atoms with E-state index in [4.69, 9.17) is 16.3 Å². The largest absolute Gasteiger partial charge is 0.487 e. The summed E-state index contributed by atoms with van der Waals surface area (Å²) in [5.74, 6) is 0.149. The Hall–Kier alpha value is -2.93. The van der Waals surface area contributed by atoms with Crippen molar-refractivity contribution in [1.29, 1.82) is 0 Å². The Balaban J connectivity index is 2.09. The van der Waals surface area contributed by atoms with Gasteiger partial charge in [-0.25, -0.2) is 4.98 Å². The molecule has 2 rings (SSSR count). The van der Waals surface area contributed by atoms with Gasteiger partial charge >= 0.3 is 5.69 Å². The van der Waals surface area contributed by atoms with E-state index in [0.717, 1.165) is 6.42 Å². The van der Waals surface area contributed by atoms with Gasteiger partial charge in [-0.05, 0) is 36.3 Å². The molecule has 2 aromatic rings. The minimum atomic E-state index is -0.514. The standard InChI is InChI=1S/C17H16ClN3O4/c1-2-9-25-15-6-3-12(10-14(15)21(23)24)4-8-17(22)20-16-7-5-13(18)11-19-16/h3-8,10-11H,2,9H2,1H3,(H,19,20,22)/b8-4+. The molecule has 0 spiro atoms. The third-order valence-electron chi connectivity index (χ3n) is 3.05. The molecule has 1 N–H and O–H groups in total. The summed E-state index contributed by atoms with van der Waals surface area (Å²) in [6, 6.07) is 7.69. The molecule has 0 fully saturated rings. The van der Waals surface area contributed by atoms with Crippen LogP contribution in [0.25, 0.3) is 6.08 Å². The van der Waals surface area contributed by atoms with Crippen molar-refractivity contribution in [2.24, 2.45) is 0 Å². The fourth-order valence-electron chi connectivity index (χ4n) is 1.90. The molecule has 0 atom stereocenters. The van der Waals surface area contributed by atoms with Crippen molar-refractivity contribution in [1.82, 2.24) is 4.98 Å². The Morgan fingerprint density at radius 1 is 1.40 bits per heavy atom. The van der Waals surface area contributed by atoms with Crippen LogP contribution in [0.15, 0.2) is 42.6 Å². The van der Waals surface area contributed by atoms with Crippen LogP contribution in [0.2, 0.25) is 5.02 Å². The third-order valence-corrected chi connectivity index (χ3v) is 3.27. The highest BCUT2D eigenvalue weighted by Crippen LogP contribution is 2.28. The number of pyridine rings is 1. The predicted molar refractivity (Wildman–Crippen MR) is 95.8 cm³/mol. The van der Waals surface area contributed by atoms with Crippen molar-refractivity contribution in [3.8, 4) is 5.75 Å². The van der Waals surface area contributed by atoms with E-state index in [-0.39, 0.29) is 11.4 Å². The van der Waals surface area contributed by atoms with Crippen molar-refractivity contribution < 1.29 is 14.5 Å². The minimum absolute atomic E-state index is 0.143. The maximum Gasteiger partial charge on any atom is 0.311 e. The van der Waals surface area contributed by atoms with Gasteiger partial charge in [-0.3, -0.25) is 14.9 Å². The molecule has 0 saturated carbocycles. The molecule has 0 aliphatic rings. The highest BCUT2D eigenvalue weighted by molar-refractivity contribution is 6.30. The number of amides is 1. The average molecular weight is 362 g/mol. The van der Waals surface area contributed by atoms with E-state index in [1.807, 2.05) is 6.92 Å². The molecule has 1 amide bonds. The second-order valence-corrected chi connectivity index (χ2v) is 5.45. The number of halogens is 1. The zero-order valence-corrected chi connectivity index (χ0v) is 14.2. The first kappa shape index (κ1) is 18.4. The normalized spacial score (nSPS) is 10.6. The van der Waals surface area contributed by atoms with Crippen molar-refractivity contribution in [3.63, 3.8) is 0 Å². The van der Waals surface area contributed by atoms with Gasteiger partial charge in [0.25, 0.3) is 0 Å². The number of ether oxygens (including phenoxy) is 1. The molecule has 0 aliphatic carbocycles. The predicted octanol–water partition coefficient (Wildman–Crippen LogP) is 4.08. The topological polar surface area (TPSA) is 94.4 Å². The van der Waals surface area contributed by atoms with E-state index < -0.39 is 10.8 Å². The summed E-state index contributed by atoms with van der Waals surface area (Å²) in [6.45, 7) is 2.31. The Morgan fingerprint density at radius 2 is 2.20 bits per heavy atom. The number of carbonyl (C=O) groups is 1. The lowest BCUT2D eigenvalue weighted by Crippen LogP contribution is -2.08. The van der Waals surface area contributed by atoms with Crippen LogP contribution in [0.3, 0.4) is 0 Å². The lowest BCUT2D eigenvalue weighted by atomic mass is 10.1. The third kappa shape index (κ3) is 5.58. The van der Waals surface area contributed by atoms with E-state index in [1.165, 1.54) is 30.5 Å². The highest BCUT2D eigenvalue weighted by Gasteiger charge is 2.15. The summed E-state index contributed by atoms with van der Waals surface area (Å²) < 4.78 is 5.35. The van der Waals surface area contributed by atoms with E-state index in [0.29, 0.717) is 23.0 Å². The van der Waals surface area contributed by atoms with Crippen molar-refractivity contribution in [3.05, 3.63) is 63.3 Å². The summed E-state index contributed by atoms with van der Waals surface area (Å²) in [5, 5.41) is 14.2. The van der Waals surface area contributed by atoms with Crippen LogP contribution in [-0.4, -0.2) is 22.4 Å². The summed E-state index contributed by atoms with van der Waals surface area (Å²) >= 11 is 5.72. The Morgan fingerprint density at radius 3 is 2.84 bits per heavy atom. The number of hydrogen-bond acceptors (Lipinski definition) is 5. The Kier molecular flexibility index (Phi) is 6.47. The quantitative estimate of drug-likeness (QED) is 0.455. The molecular weight excluding hydrogens is 346 g/mol. The molecule has 1 heterocycles. The van der Waals surface area contributed by atoms with Crippen LogP contribution in [0.1, 0.15) is 18.9 Å². The zero-order valence-electron chi connectivity index (χ0n) is 13.4. The van der Waals surface area contributed by atoms with Gasteiger partial charge in [0.05, 0.1) is 16.6 Å². The first-order valence-corrected chi connectivity index (χ1v) is 7.89. The van der Waals surface area contributed by atoms with Crippen LogP contribution in [0.5, 0.6) is 5.75 Å². The maximum absolute atomic E-state index is 11.9. The number of nitro benzene ring substituents is 1. The van der Waals surface area contributed by atoms with Gasteiger partial charge in [0.15, 0.2) is 5.75 Å². The molecule has 0 radical (unpaired) electrons. The molecule has 25 heavy (non-hydrogen) atoms. The average Bonchev–Trinajstić information content (AvgIpc) is 2.60. The molecule has 1 aromatic carbocycles. The summed E-state index contributed by atoms with van der Waals surface area (Å²) in [4.78, 5) is 26.4. The minimum Gasteiger partial charge on any atom is -0.487 e. The Labute approximate surface area is 149 Å². The molecule has 130 valence electrons. The van der Waals surface area contributed by atoms with Crippen LogP contribution >= 0.6 is 11.6 Å². The molecule has 0 saturated heterocycles. The van der Waals surface area contributed by atoms with Crippen LogP contribution in [0, 0.1) is 10.1 Å². The van der Waals surface area contributed by atoms with Gasteiger partial charge in [-0.2, -0.15) is 0 Å². The SMILES string of the molecule is CCCOc1ccc(/C=C/C(=O)Nc2ccc(Cl)cn2)cc1[N+](=O)[O-].